The molecule has 146 valence electrons. The van der Waals surface area contributed by atoms with Crippen LogP contribution in [0, 0.1) is 22.7 Å². The van der Waals surface area contributed by atoms with Crippen molar-refractivity contribution in [2.75, 3.05) is 0 Å². The lowest BCUT2D eigenvalue weighted by Gasteiger charge is -2.28. The van der Waals surface area contributed by atoms with Crippen molar-refractivity contribution in [1.29, 1.82) is 10.5 Å². The Balaban J connectivity index is 2.51. The zero-order valence-corrected chi connectivity index (χ0v) is 15.4. The molecule has 0 spiro atoms. The lowest BCUT2D eigenvalue weighted by atomic mass is 9.90. The van der Waals surface area contributed by atoms with E-state index in [1.807, 2.05) is 0 Å². The molecule has 2 aromatic carbocycles. The SMILES string of the molecule is N#CC(SC(F)(F)F)c1ccc(C(C#N)(SC(F)(F)F)c2ccccc2)cc1. The van der Waals surface area contributed by atoms with Crippen LogP contribution in [0.25, 0.3) is 0 Å². The van der Waals surface area contributed by atoms with Crippen LogP contribution >= 0.6 is 23.5 Å². The van der Waals surface area contributed by atoms with E-state index in [0.29, 0.717) is 0 Å². The number of nitrogens with zero attached hydrogens (tertiary/aromatic N) is 2. The molecule has 2 aromatic rings. The second kappa shape index (κ2) is 8.38. The predicted octanol–water partition coefficient (Wildman–Crippen LogP) is 6.52. The summed E-state index contributed by atoms with van der Waals surface area (Å²) in [4.78, 5) is 0. The Labute approximate surface area is 165 Å². The number of benzene rings is 2. The topological polar surface area (TPSA) is 47.6 Å². The summed E-state index contributed by atoms with van der Waals surface area (Å²) < 4.78 is 75.1. The van der Waals surface area contributed by atoms with Gasteiger partial charge in [-0.15, -0.1) is 0 Å². The molecule has 0 saturated carbocycles. The number of nitriles is 2. The van der Waals surface area contributed by atoms with E-state index in [4.69, 9.17) is 5.26 Å². The van der Waals surface area contributed by atoms with E-state index in [2.05, 4.69) is 0 Å². The van der Waals surface area contributed by atoms with E-state index in [1.54, 1.807) is 12.1 Å². The van der Waals surface area contributed by atoms with Gasteiger partial charge in [0.15, 0.2) is 4.75 Å². The van der Waals surface area contributed by atoms with Gasteiger partial charge in [-0.2, -0.15) is 36.9 Å². The molecular formula is C18H10F6N2S2. The third kappa shape index (κ3) is 5.37. The highest BCUT2D eigenvalue weighted by atomic mass is 32.2. The average Bonchev–Trinajstić information content (AvgIpc) is 2.63. The van der Waals surface area contributed by atoms with E-state index in [9.17, 15) is 31.6 Å². The fourth-order valence-electron chi connectivity index (χ4n) is 2.48. The van der Waals surface area contributed by atoms with Gasteiger partial charge < -0.3 is 0 Å². The molecule has 28 heavy (non-hydrogen) atoms. The first-order chi connectivity index (χ1) is 13.0. The molecule has 0 fully saturated rings. The van der Waals surface area contributed by atoms with Crippen molar-refractivity contribution in [1.82, 2.24) is 0 Å². The van der Waals surface area contributed by atoms with Crippen molar-refractivity contribution in [2.24, 2.45) is 0 Å². The number of hydrogen-bond donors (Lipinski definition) is 0. The maximum atomic E-state index is 13.2. The third-order valence-corrected chi connectivity index (χ3v) is 5.58. The Morgan fingerprint density at radius 3 is 1.71 bits per heavy atom. The Kier molecular flexibility index (Phi) is 6.58. The molecule has 0 aliphatic rings. The van der Waals surface area contributed by atoms with E-state index in [-0.39, 0.29) is 16.7 Å². The van der Waals surface area contributed by atoms with E-state index in [0.717, 1.165) is 24.3 Å². The minimum atomic E-state index is -4.74. The molecular weight excluding hydrogens is 422 g/mol. The zero-order chi connectivity index (χ0) is 21.0. The second-order valence-electron chi connectivity index (χ2n) is 5.40. The highest BCUT2D eigenvalue weighted by molar-refractivity contribution is 8.01. The fraction of sp³-hybridized carbons (Fsp3) is 0.222. The molecule has 2 atom stereocenters. The summed E-state index contributed by atoms with van der Waals surface area (Å²) in [6.07, 6.45) is 0. The highest BCUT2D eigenvalue weighted by Gasteiger charge is 2.46. The number of hydrogen-bond acceptors (Lipinski definition) is 4. The molecule has 2 unspecified atom stereocenters. The van der Waals surface area contributed by atoms with E-state index < -0.39 is 44.5 Å². The van der Waals surface area contributed by atoms with Gasteiger partial charge in [0.05, 0.1) is 12.1 Å². The maximum absolute atomic E-state index is 13.2. The second-order valence-corrected chi connectivity index (χ2v) is 7.85. The van der Waals surface area contributed by atoms with Crippen molar-refractivity contribution >= 4 is 23.5 Å². The molecule has 0 aliphatic carbocycles. The van der Waals surface area contributed by atoms with Gasteiger partial charge in [-0.25, -0.2) is 0 Å². The van der Waals surface area contributed by atoms with Crippen LogP contribution in [-0.2, 0) is 4.75 Å². The smallest absolute Gasteiger partial charge is 0.197 e. The lowest BCUT2D eigenvalue weighted by Crippen LogP contribution is -2.26. The summed E-state index contributed by atoms with van der Waals surface area (Å²) in [6.45, 7) is 0. The van der Waals surface area contributed by atoms with Gasteiger partial charge >= 0.3 is 11.0 Å². The highest BCUT2D eigenvalue weighted by Crippen LogP contribution is 2.51. The van der Waals surface area contributed by atoms with Crippen LogP contribution in [0.4, 0.5) is 26.3 Å². The van der Waals surface area contributed by atoms with Crippen LogP contribution in [-0.4, -0.2) is 11.0 Å². The standard InChI is InChI=1S/C18H10F6N2S2/c19-17(20,21)27-15(10-25)12-6-8-14(9-7-12)16(11-26,28-18(22,23)24)13-4-2-1-3-5-13/h1-9,15H. The van der Waals surface area contributed by atoms with Crippen LogP contribution in [0.5, 0.6) is 0 Å². The number of rotatable bonds is 5. The number of alkyl halides is 6. The lowest BCUT2D eigenvalue weighted by molar-refractivity contribution is -0.0343. The minimum Gasteiger partial charge on any atom is -0.197 e. The molecule has 0 heterocycles. The number of halogens is 6. The van der Waals surface area contributed by atoms with Crippen molar-refractivity contribution in [3.63, 3.8) is 0 Å². The predicted molar refractivity (Wildman–Crippen MR) is 94.9 cm³/mol. The van der Waals surface area contributed by atoms with Gasteiger partial charge in [0.25, 0.3) is 0 Å². The fourth-order valence-corrected chi connectivity index (χ4v) is 3.99. The third-order valence-electron chi connectivity index (χ3n) is 3.60. The molecule has 2 nitrogen and oxygen atoms in total. The summed E-state index contributed by atoms with van der Waals surface area (Å²) in [5.74, 6) is 0. The maximum Gasteiger partial charge on any atom is 0.443 e. The molecule has 0 aromatic heterocycles. The van der Waals surface area contributed by atoms with Crippen LogP contribution in [0.3, 0.4) is 0 Å². The normalized spacial score (nSPS) is 15.1. The molecule has 0 saturated heterocycles. The summed E-state index contributed by atoms with van der Waals surface area (Å²) >= 11 is -1.06. The molecule has 10 heteroatoms. The molecule has 0 radical (unpaired) electrons. The Bertz CT molecular complexity index is 882. The van der Waals surface area contributed by atoms with E-state index in [1.165, 1.54) is 30.3 Å². The van der Waals surface area contributed by atoms with E-state index >= 15 is 0 Å². The molecule has 0 aliphatic heterocycles. The summed E-state index contributed by atoms with van der Waals surface area (Å²) in [6, 6.07) is 15.1. The van der Waals surface area contributed by atoms with Crippen LogP contribution in [0.1, 0.15) is 21.9 Å². The first-order valence-corrected chi connectivity index (χ1v) is 9.18. The first-order valence-electron chi connectivity index (χ1n) is 7.49. The van der Waals surface area contributed by atoms with Gasteiger partial charge in [-0.3, -0.25) is 0 Å². The summed E-state index contributed by atoms with van der Waals surface area (Å²) in [7, 11) is 0. The quantitative estimate of drug-likeness (QED) is 0.505. The van der Waals surface area contributed by atoms with Crippen molar-refractivity contribution in [3.8, 4) is 12.1 Å². The average molecular weight is 432 g/mol. The van der Waals surface area contributed by atoms with Crippen molar-refractivity contribution < 1.29 is 26.3 Å². The van der Waals surface area contributed by atoms with Crippen LogP contribution in [0.15, 0.2) is 54.6 Å². The molecule has 0 N–H and O–H groups in total. The molecule has 2 rings (SSSR count). The Morgan fingerprint density at radius 1 is 0.750 bits per heavy atom. The van der Waals surface area contributed by atoms with Crippen molar-refractivity contribution in [3.05, 3.63) is 71.3 Å². The Morgan fingerprint density at radius 2 is 1.29 bits per heavy atom. The molecule has 0 amide bonds. The van der Waals surface area contributed by atoms with Gasteiger partial charge in [-0.1, -0.05) is 54.6 Å². The van der Waals surface area contributed by atoms with Crippen molar-refractivity contribution in [2.45, 2.75) is 21.0 Å². The van der Waals surface area contributed by atoms with Gasteiger partial charge in [-0.05, 0) is 40.2 Å². The first kappa shape index (κ1) is 22.0. The van der Waals surface area contributed by atoms with Gasteiger partial charge in [0.2, 0.25) is 0 Å². The summed E-state index contributed by atoms with van der Waals surface area (Å²) in [5, 5.41) is 17.0. The monoisotopic (exact) mass is 432 g/mol. The van der Waals surface area contributed by atoms with Crippen LogP contribution in [0.2, 0.25) is 0 Å². The summed E-state index contributed by atoms with van der Waals surface area (Å²) in [5.41, 5.74) is -9.39. The minimum absolute atomic E-state index is 0.0227. The largest absolute Gasteiger partial charge is 0.443 e. The molecule has 0 bridgehead atoms. The van der Waals surface area contributed by atoms with Gasteiger partial charge in [0, 0.05) is 0 Å². The Hall–Kier alpha value is -2.30. The number of thioether (sulfide) groups is 2. The van der Waals surface area contributed by atoms with Gasteiger partial charge in [0.1, 0.15) is 5.25 Å². The zero-order valence-electron chi connectivity index (χ0n) is 13.8. The van der Waals surface area contributed by atoms with Crippen LogP contribution < -0.4 is 0 Å².